The zero-order chi connectivity index (χ0) is 15.1. The molecule has 3 nitrogen and oxygen atoms in total. The third-order valence-corrected chi connectivity index (χ3v) is 4.38. The van der Waals surface area contributed by atoms with E-state index in [1.54, 1.807) is 4.90 Å². The van der Waals surface area contributed by atoms with Crippen LogP contribution in [0.3, 0.4) is 0 Å². The molecule has 0 bridgehead atoms. The van der Waals surface area contributed by atoms with Crippen LogP contribution in [0.1, 0.15) is 51.0 Å². The van der Waals surface area contributed by atoms with Crippen molar-refractivity contribution in [3.8, 4) is 0 Å². The first kappa shape index (κ1) is 15.7. The lowest BCUT2D eigenvalue weighted by molar-refractivity contribution is -0.120. The Morgan fingerprint density at radius 3 is 2.71 bits per heavy atom. The maximum atomic E-state index is 12.6. The molecule has 3 heteroatoms. The topological polar surface area (TPSA) is 37.4 Å². The molecule has 0 aromatic heterocycles. The second-order valence-corrected chi connectivity index (χ2v) is 5.90. The highest BCUT2D eigenvalue weighted by Gasteiger charge is 2.22. The van der Waals surface area contributed by atoms with Crippen LogP contribution < -0.4 is 4.90 Å². The van der Waals surface area contributed by atoms with E-state index in [0.29, 0.717) is 12.3 Å². The van der Waals surface area contributed by atoms with Crippen LogP contribution in [0, 0.1) is 5.92 Å². The first-order valence-electron chi connectivity index (χ1n) is 8.07. The number of amides is 1. The Kier molecular flexibility index (Phi) is 5.97. The fourth-order valence-corrected chi connectivity index (χ4v) is 3.12. The summed E-state index contributed by atoms with van der Waals surface area (Å²) in [6.07, 6.45) is 8.38. The number of hydrogen-bond acceptors (Lipinski definition) is 2. The molecule has 114 valence electrons. The summed E-state index contributed by atoms with van der Waals surface area (Å²) in [6, 6.07) is 7.94. The SMILES string of the molecule is CCc1cccc(N(CC=O)C(=O)CC2CCCCC2)c1. The largest absolute Gasteiger partial charge is 0.305 e. The van der Waals surface area contributed by atoms with Gasteiger partial charge in [-0.3, -0.25) is 4.79 Å². The van der Waals surface area contributed by atoms with Crippen molar-refractivity contribution in [1.82, 2.24) is 0 Å². The van der Waals surface area contributed by atoms with Gasteiger partial charge in [-0.15, -0.1) is 0 Å². The number of aldehydes is 1. The number of carbonyl (C=O) groups excluding carboxylic acids is 2. The third kappa shape index (κ3) is 4.42. The second kappa shape index (κ2) is 7.96. The third-order valence-electron chi connectivity index (χ3n) is 4.38. The van der Waals surface area contributed by atoms with Crippen molar-refractivity contribution in [3.63, 3.8) is 0 Å². The minimum absolute atomic E-state index is 0.0854. The summed E-state index contributed by atoms with van der Waals surface area (Å²) in [5.41, 5.74) is 2.04. The number of aryl methyl sites for hydroxylation is 1. The van der Waals surface area contributed by atoms with Crippen LogP contribution in [0.2, 0.25) is 0 Å². The summed E-state index contributed by atoms with van der Waals surface area (Å²) < 4.78 is 0. The number of hydrogen-bond donors (Lipinski definition) is 0. The van der Waals surface area contributed by atoms with Gasteiger partial charge < -0.3 is 9.69 Å². The molecule has 0 radical (unpaired) electrons. The monoisotopic (exact) mass is 287 g/mol. The molecule has 1 aromatic carbocycles. The zero-order valence-electron chi connectivity index (χ0n) is 12.9. The number of anilines is 1. The molecule has 0 atom stereocenters. The highest BCUT2D eigenvalue weighted by molar-refractivity contribution is 5.96. The highest BCUT2D eigenvalue weighted by atomic mass is 16.2. The lowest BCUT2D eigenvalue weighted by Gasteiger charge is -2.26. The van der Waals surface area contributed by atoms with Gasteiger partial charge in [0.25, 0.3) is 0 Å². The maximum Gasteiger partial charge on any atom is 0.227 e. The van der Waals surface area contributed by atoms with Crippen LogP contribution in [0.5, 0.6) is 0 Å². The molecule has 0 heterocycles. The summed E-state index contributed by atoms with van der Waals surface area (Å²) in [6.45, 7) is 2.24. The zero-order valence-corrected chi connectivity index (χ0v) is 12.9. The van der Waals surface area contributed by atoms with Crippen LogP contribution in [-0.4, -0.2) is 18.7 Å². The van der Waals surface area contributed by atoms with Crippen LogP contribution in [0.25, 0.3) is 0 Å². The Morgan fingerprint density at radius 1 is 1.29 bits per heavy atom. The first-order chi connectivity index (χ1) is 10.2. The summed E-state index contributed by atoms with van der Waals surface area (Å²) in [5.74, 6) is 0.581. The second-order valence-electron chi connectivity index (χ2n) is 5.90. The Bertz CT molecular complexity index is 478. The summed E-state index contributed by atoms with van der Waals surface area (Å²) in [7, 11) is 0. The summed E-state index contributed by atoms with van der Waals surface area (Å²) in [4.78, 5) is 25.2. The molecule has 0 unspecified atom stereocenters. The molecule has 0 aliphatic heterocycles. The highest BCUT2D eigenvalue weighted by Crippen LogP contribution is 2.28. The predicted octanol–water partition coefficient (Wildman–Crippen LogP) is 3.75. The van der Waals surface area contributed by atoms with Crippen LogP contribution in [-0.2, 0) is 16.0 Å². The Hall–Kier alpha value is -1.64. The van der Waals surface area contributed by atoms with Gasteiger partial charge in [0.2, 0.25) is 5.91 Å². The molecule has 2 rings (SSSR count). The Balaban J connectivity index is 2.09. The van der Waals surface area contributed by atoms with Crippen molar-refractivity contribution < 1.29 is 9.59 Å². The average molecular weight is 287 g/mol. The maximum absolute atomic E-state index is 12.6. The van der Waals surface area contributed by atoms with E-state index in [4.69, 9.17) is 0 Å². The lowest BCUT2D eigenvalue weighted by atomic mass is 9.86. The van der Waals surface area contributed by atoms with Crippen molar-refractivity contribution in [2.24, 2.45) is 5.92 Å². The van der Waals surface area contributed by atoms with Crippen LogP contribution >= 0.6 is 0 Å². The van der Waals surface area contributed by atoms with Crippen molar-refractivity contribution >= 4 is 17.9 Å². The van der Waals surface area contributed by atoms with Crippen molar-refractivity contribution in [2.75, 3.05) is 11.4 Å². The van der Waals surface area contributed by atoms with E-state index in [1.807, 2.05) is 24.3 Å². The first-order valence-corrected chi connectivity index (χ1v) is 8.07. The van der Waals surface area contributed by atoms with Gasteiger partial charge >= 0.3 is 0 Å². The van der Waals surface area contributed by atoms with E-state index in [9.17, 15) is 9.59 Å². The summed E-state index contributed by atoms with van der Waals surface area (Å²) in [5, 5.41) is 0. The quantitative estimate of drug-likeness (QED) is 0.747. The number of rotatable bonds is 6. The molecule has 1 aromatic rings. The number of nitrogens with zero attached hydrogens (tertiary/aromatic N) is 1. The number of carbonyl (C=O) groups is 2. The van der Waals surface area contributed by atoms with Gasteiger partial charge in [0.05, 0.1) is 6.54 Å². The Labute approximate surface area is 127 Å². The van der Waals surface area contributed by atoms with E-state index >= 15 is 0 Å². The lowest BCUT2D eigenvalue weighted by Crippen LogP contribution is -2.34. The summed E-state index contributed by atoms with van der Waals surface area (Å²) >= 11 is 0. The molecular weight excluding hydrogens is 262 g/mol. The van der Waals surface area contributed by atoms with Gasteiger partial charge in [-0.05, 0) is 42.9 Å². The van der Waals surface area contributed by atoms with Gasteiger partial charge in [0.15, 0.2) is 0 Å². The molecule has 0 saturated heterocycles. The fraction of sp³-hybridized carbons (Fsp3) is 0.556. The van der Waals surface area contributed by atoms with E-state index in [1.165, 1.54) is 24.8 Å². The molecule has 1 aliphatic carbocycles. The predicted molar refractivity (Wildman–Crippen MR) is 85.4 cm³/mol. The smallest absolute Gasteiger partial charge is 0.227 e. The fourth-order valence-electron chi connectivity index (χ4n) is 3.12. The minimum atomic E-state index is 0.0854. The van der Waals surface area contributed by atoms with E-state index < -0.39 is 0 Å². The molecule has 1 saturated carbocycles. The van der Waals surface area contributed by atoms with E-state index in [0.717, 1.165) is 31.2 Å². The molecule has 1 aliphatic rings. The molecule has 0 spiro atoms. The molecule has 1 fully saturated rings. The molecule has 0 N–H and O–H groups in total. The average Bonchev–Trinajstić information content (AvgIpc) is 2.53. The van der Waals surface area contributed by atoms with Crippen molar-refractivity contribution in [2.45, 2.75) is 51.9 Å². The van der Waals surface area contributed by atoms with Crippen molar-refractivity contribution in [1.29, 1.82) is 0 Å². The molecule has 21 heavy (non-hydrogen) atoms. The van der Waals surface area contributed by atoms with Gasteiger partial charge in [0.1, 0.15) is 6.29 Å². The minimum Gasteiger partial charge on any atom is -0.305 e. The van der Waals surface area contributed by atoms with E-state index in [-0.39, 0.29) is 12.5 Å². The van der Waals surface area contributed by atoms with E-state index in [2.05, 4.69) is 6.92 Å². The van der Waals surface area contributed by atoms with Gasteiger partial charge in [-0.2, -0.15) is 0 Å². The number of benzene rings is 1. The molecule has 1 amide bonds. The van der Waals surface area contributed by atoms with Gasteiger partial charge in [0, 0.05) is 12.1 Å². The van der Waals surface area contributed by atoms with Crippen molar-refractivity contribution in [3.05, 3.63) is 29.8 Å². The van der Waals surface area contributed by atoms with Crippen LogP contribution in [0.4, 0.5) is 5.69 Å². The van der Waals surface area contributed by atoms with Gasteiger partial charge in [-0.1, -0.05) is 38.3 Å². The molecular formula is C18H25NO2. The normalized spacial score (nSPS) is 15.7. The van der Waals surface area contributed by atoms with Crippen LogP contribution in [0.15, 0.2) is 24.3 Å². The Morgan fingerprint density at radius 2 is 2.05 bits per heavy atom. The standard InChI is InChI=1S/C18H25NO2/c1-2-15-9-6-10-17(13-15)19(11-12-20)18(21)14-16-7-4-3-5-8-16/h6,9-10,12-13,16H,2-5,7-8,11,14H2,1H3. The van der Waals surface area contributed by atoms with Gasteiger partial charge in [-0.25, -0.2) is 0 Å².